The van der Waals surface area contributed by atoms with Crippen molar-refractivity contribution in [3.8, 4) is 0 Å². The third-order valence-corrected chi connectivity index (χ3v) is 2.83. The number of rotatable bonds is 4. The fourth-order valence-corrected chi connectivity index (χ4v) is 1.90. The van der Waals surface area contributed by atoms with Crippen LogP contribution < -0.4 is 17.2 Å². The summed E-state index contributed by atoms with van der Waals surface area (Å²) in [5, 5.41) is 0. The van der Waals surface area contributed by atoms with E-state index in [-0.39, 0.29) is 0 Å². The molecular formula is C13H15N3O2. The van der Waals surface area contributed by atoms with Crippen molar-refractivity contribution in [3.05, 3.63) is 54.0 Å². The summed E-state index contributed by atoms with van der Waals surface area (Å²) < 4.78 is 5.21. The van der Waals surface area contributed by atoms with Crippen LogP contribution in [0, 0.1) is 0 Å². The Kier molecular flexibility index (Phi) is 3.34. The van der Waals surface area contributed by atoms with Gasteiger partial charge in [-0.15, -0.1) is 0 Å². The van der Waals surface area contributed by atoms with Crippen molar-refractivity contribution in [2.24, 2.45) is 11.5 Å². The molecule has 5 heteroatoms. The summed E-state index contributed by atoms with van der Waals surface area (Å²) >= 11 is 0. The summed E-state index contributed by atoms with van der Waals surface area (Å²) in [7, 11) is 0. The van der Waals surface area contributed by atoms with Crippen LogP contribution in [0.4, 0.5) is 5.69 Å². The zero-order valence-corrected chi connectivity index (χ0v) is 9.74. The Morgan fingerprint density at radius 3 is 2.33 bits per heavy atom. The maximum Gasteiger partial charge on any atom is 0.227 e. The van der Waals surface area contributed by atoms with Crippen molar-refractivity contribution in [1.82, 2.24) is 0 Å². The topological polar surface area (TPSA) is 108 Å². The Hall–Kier alpha value is -2.27. The van der Waals surface area contributed by atoms with Gasteiger partial charge in [-0.2, -0.15) is 0 Å². The molecule has 0 bridgehead atoms. The number of anilines is 1. The third kappa shape index (κ3) is 2.36. The highest BCUT2D eigenvalue weighted by Gasteiger charge is 2.28. The van der Waals surface area contributed by atoms with Crippen LogP contribution in [0.25, 0.3) is 0 Å². The van der Waals surface area contributed by atoms with Crippen molar-refractivity contribution < 1.29 is 9.21 Å². The Morgan fingerprint density at radius 2 is 1.83 bits per heavy atom. The average molecular weight is 245 g/mol. The maximum atomic E-state index is 11.6. The Bertz CT molecular complexity index is 520. The van der Waals surface area contributed by atoms with Crippen molar-refractivity contribution in [1.29, 1.82) is 0 Å². The monoisotopic (exact) mass is 245 g/mol. The predicted molar refractivity (Wildman–Crippen MR) is 68.4 cm³/mol. The molecule has 2 aromatic rings. The molecular weight excluding hydrogens is 230 g/mol. The SMILES string of the molecule is NC(=O)C(c1ccc(N)cc1)C(N)c1ccco1. The molecule has 1 amide bonds. The van der Waals surface area contributed by atoms with Gasteiger partial charge in [0.1, 0.15) is 5.76 Å². The lowest BCUT2D eigenvalue weighted by atomic mass is 9.90. The summed E-state index contributed by atoms with van der Waals surface area (Å²) in [6, 6.07) is 9.73. The van der Waals surface area contributed by atoms with Gasteiger partial charge in [-0.3, -0.25) is 4.79 Å². The lowest BCUT2D eigenvalue weighted by Gasteiger charge is -2.19. The first-order valence-electron chi connectivity index (χ1n) is 5.53. The molecule has 0 aliphatic heterocycles. The third-order valence-electron chi connectivity index (χ3n) is 2.83. The molecule has 0 aliphatic rings. The van der Waals surface area contributed by atoms with Crippen LogP contribution >= 0.6 is 0 Å². The van der Waals surface area contributed by atoms with Gasteiger partial charge in [0, 0.05) is 5.69 Å². The molecule has 1 aromatic carbocycles. The molecule has 18 heavy (non-hydrogen) atoms. The number of benzene rings is 1. The van der Waals surface area contributed by atoms with Crippen molar-refractivity contribution in [3.63, 3.8) is 0 Å². The fraction of sp³-hybridized carbons (Fsp3) is 0.154. The number of hydrogen-bond donors (Lipinski definition) is 3. The smallest absolute Gasteiger partial charge is 0.227 e. The minimum absolute atomic E-state index is 0.497. The largest absolute Gasteiger partial charge is 0.468 e. The number of carbonyl (C=O) groups is 1. The van der Waals surface area contributed by atoms with Crippen LogP contribution in [0.15, 0.2) is 47.1 Å². The second kappa shape index (κ2) is 4.93. The molecule has 2 atom stereocenters. The van der Waals surface area contributed by atoms with Gasteiger partial charge >= 0.3 is 0 Å². The van der Waals surface area contributed by atoms with E-state index in [9.17, 15) is 4.79 Å². The first kappa shape index (κ1) is 12.2. The van der Waals surface area contributed by atoms with Crippen LogP contribution in [0.3, 0.4) is 0 Å². The van der Waals surface area contributed by atoms with Crippen molar-refractivity contribution in [2.45, 2.75) is 12.0 Å². The normalized spacial score (nSPS) is 14.1. The highest BCUT2D eigenvalue weighted by Crippen LogP contribution is 2.29. The molecule has 0 saturated carbocycles. The van der Waals surface area contributed by atoms with Gasteiger partial charge in [0.25, 0.3) is 0 Å². The lowest BCUT2D eigenvalue weighted by Crippen LogP contribution is -2.31. The number of carbonyl (C=O) groups excluding carboxylic acids is 1. The van der Waals surface area contributed by atoms with E-state index in [1.807, 2.05) is 0 Å². The van der Waals surface area contributed by atoms with E-state index in [1.165, 1.54) is 6.26 Å². The molecule has 0 fully saturated rings. The van der Waals surface area contributed by atoms with E-state index in [0.29, 0.717) is 11.4 Å². The molecule has 2 unspecified atom stereocenters. The van der Waals surface area contributed by atoms with E-state index in [0.717, 1.165) is 5.56 Å². The molecule has 94 valence electrons. The fourth-order valence-electron chi connectivity index (χ4n) is 1.90. The van der Waals surface area contributed by atoms with Crippen LogP contribution in [-0.2, 0) is 4.79 Å². The second-order valence-corrected chi connectivity index (χ2v) is 4.09. The van der Waals surface area contributed by atoms with E-state index in [2.05, 4.69) is 0 Å². The molecule has 0 radical (unpaired) electrons. The van der Waals surface area contributed by atoms with Crippen LogP contribution in [0.1, 0.15) is 23.3 Å². The number of nitrogen functional groups attached to an aromatic ring is 1. The zero-order valence-electron chi connectivity index (χ0n) is 9.74. The maximum absolute atomic E-state index is 11.6. The lowest BCUT2D eigenvalue weighted by molar-refractivity contribution is -0.120. The van der Waals surface area contributed by atoms with Gasteiger partial charge in [-0.1, -0.05) is 12.1 Å². The molecule has 2 rings (SSSR count). The minimum atomic E-state index is -0.642. The van der Waals surface area contributed by atoms with Crippen molar-refractivity contribution >= 4 is 11.6 Å². The van der Waals surface area contributed by atoms with Gasteiger partial charge < -0.3 is 21.6 Å². The Morgan fingerprint density at radius 1 is 1.17 bits per heavy atom. The molecule has 0 saturated heterocycles. The average Bonchev–Trinajstić information content (AvgIpc) is 2.85. The number of hydrogen-bond acceptors (Lipinski definition) is 4. The highest BCUT2D eigenvalue weighted by molar-refractivity contribution is 5.83. The summed E-state index contributed by atoms with van der Waals surface area (Å²) in [5.74, 6) is -0.615. The first-order chi connectivity index (χ1) is 8.59. The summed E-state index contributed by atoms with van der Waals surface area (Å²) in [6.45, 7) is 0. The van der Waals surface area contributed by atoms with Gasteiger partial charge in [0.2, 0.25) is 5.91 Å². The highest BCUT2D eigenvalue weighted by atomic mass is 16.3. The van der Waals surface area contributed by atoms with E-state index < -0.39 is 17.9 Å². The summed E-state index contributed by atoms with van der Waals surface area (Å²) in [6.07, 6.45) is 1.51. The minimum Gasteiger partial charge on any atom is -0.468 e. The molecule has 1 heterocycles. The van der Waals surface area contributed by atoms with Crippen LogP contribution in [0.5, 0.6) is 0 Å². The van der Waals surface area contributed by atoms with Crippen LogP contribution in [-0.4, -0.2) is 5.91 Å². The molecule has 0 aliphatic carbocycles. The Labute approximate surface area is 105 Å². The summed E-state index contributed by atoms with van der Waals surface area (Å²) in [5.41, 5.74) is 18.4. The number of furan rings is 1. The molecule has 0 spiro atoms. The van der Waals surface area contributed by atoms with E-state index in [4.69, 9.17) is 21.6 Å². The number of primary amides is 1. The number of amides is 1. The van der Waals surface area contributed by atoms with Crippen molar-refractivity contribution in [2.75, 3.05) is 5.73 Å². The standard InChI is InChI=1S/C13H15N3O2/c14-9-5-3-8(4-6-9)11(13(16)17)12(15)10-2-1-7-18-10/h1-7,11-12H,14-15H2,(H2,16,17). The summed E-state index contributed by atoms with van der Waals surface area (Å²) in [4.78, 5) is 11.6. The van der Waals surface area contributed by atoms with E-state index >= 15 is 0 Å². The molecule has 1 aromatic heterocycles. The molecule has 6 N–H and O–H groups in total. The zero-order chi connectivity index (χ0) is 13.1. The Balaban J connectivity index is 2.34. The van der Waals surface area contributed by atoms with Gasteiger partial charge in [-0.25, -0.2) is 0 Å². The van der Waals surface area contributed by atoms with Crippen LogP contribution in [0.2, 0.25) is 0 Å². The number of nitrogens with two attached hydrogens (primary N) is 3. The predicted octanol–water partition coefficient (Wildman–Crippen LogP) is 1.13. The quantitative estimate of drug-likeness (QED) is 0.701. The first-order valence-corrected chi connectivity index (χ1v) is 5.53. The van der Waals surface area contributed by atoms with Gasteiger partial charge in [0.05, 0.1) is 18.2 Å². The van der Waals surface area contributed by atoms with E-state index in [1.54, 1.807) is 36.4 Å². The molecule has 5 nitrogen and oxygen atoms in total. The van der Waals surface area contributed by atoms with Gasteiger partial charge in [0.15, 0.2) is 0 Å². The van der Waals surface area contributed by atoms with Gasteiger partial charge in [-0.05, 0) is 29.8 Å². The second-order valence-electron chi connectivity index (χ2n) is 4.09.